The van der Waals surface area contributed by atoms with Crippen LogP contribution in [-0.4, -0.2) is 26.7 Å². The zero-order valence-corrected chi connectivity index (χ0v) is 16.3. The number of amidine groups is 1. The Hall–Kier alpha value is -1.14. The number of nitrogens with zero attached hydrogens (tertiary/aromatic N) is 2. The highest BCUT2D eigenvalue weighted by molar-refractivity contribution is 9.11. The molecule has 1 aliphatic rings. The average Bonchev–Trinajstić information content (AvgIpc) is 2.46. The van der Waals surface area contributed by atoms with Crippen LogP contribution in [0.4, 0.5) is 0 Å². The molecule has 0 unspecified atom stereocenters. The maximum absolute atomic E-state index is 6.13. The van der Waals surface area contributed by atoms with Gasteiger partial charge in [0.25, 0.3) is 0 Å². The van der Waals surface area contributed by atoms with Crippen LogP contribution in [-0.2, 0) is 6.42 Å². The Labute approximate surface area is 147 Å². The maximum Gasteiger partial charge on any atom is 0.147 e. The summed E-state index contributed by atoms with van der Waals surface area (Å²) in [4.78, 5) is 8.42. The standard InChI is InChI=1S/C16H19Br2N3O/c1-16(2)7-9-8(6-10(17)14(22-5)12(9)18)13(20-3)11(16)15(19)21-4/h6H,3,7H2,1-2,4-5H3,(H2,19,21). The van der Waals surface area contributed by atoms with Crippen LogP contribution < -0.4 is 10.5 Å². The zero-order valence-electron chi connectivity index (χ0n) is 13.1. The van der Waals surface area contributed by atoms with Crippen LogP contribution in [0.15, 0.2) is 30.6 Å². The Morgan fingerprint density at radius 1 is 1.41 bits per heavy atom. The molecule has 0 aliphatic heterocycles. The lowest BCUT2D eigenvalue weighted by atomic mass is 9.71. The van der Waals surface area contributed by atoms with Gasteiger partial charge in [-0.3, -0.25) is 9.98 Å². The second-order valence-corrected chi connectivity index (χ2v) is 7.43. The third-order valence-electron chi connectivity index (χ3n) is 3.92. The van der Waals surface area contributed by atoms with Crippen molar-refractivity contribution in [2.75, 3.05) is 14.2 Å². The second kappa shape index (κ2) is 6.16. The van der Waals surface area contributed by atoms with Crippen LogP contribution in [0.2, 0.25) is 0 Å². The molecule has 0 amide bonds. The fourth-order valence-corrected chi connectivity index (χ4v) is 4.52. The molecule has 2 N–H and O–H groups in total. The predicted molar refractivity (Wildman–Crippen MR) is 99.9 cm³/mol. The fraction of sp³-hybridized carbons (Fsp3) is 0.375. The molecule has 0 fully saturated rings. The van der Waals surface area contributed by atoms with Gasteiger partial charge in [-0.15, -0.1) is 0 Å². The van der Waals surface area contributed by atoms with Crippen LogP contribution >= 0.6 is 31.9 Å². The molecule has 0 atom stereocenters. The topological polar surface area (TPSA) is 60.0 Å². The van der Waals surface area contributed by atoms with Gasteiger partial charge < -0.3 is 10.5 Å². The molecular formula is C16H19Br2N3O. The minimum atomic E-state index is -0.200. The molecule has 118 valence electrons. The Morgan fingerprint density at radius 2 is 2.05 bits per heavy atom. The lowest BCUT2D eigenvalue weighted by molar-refractivity contribution is 0.405. The average molecular weight is 429 g/mol. The molecule has 0 heterocycles. The van der Waals surface area contributed by atoms with Crippen molar-refractivity contribution in [2.45, 2.75) is 20.3 Å². The first-order chi connectivity index (χ1) is 10.3. The van der Waals surface area contributed by atoms with E-state index in [0.29, 0.717) is 5.84 Å². The highest BCUT2D eigenvalue weighted by Gasteiger charge is 2.37. The van der Waals surface area contributed by atoms with Crippen molar-refractivity contribution in [1.82, 2.24) is 0 Å². The predicted octanol–water partition coefficient (Wildman–Crippen LogP) is 4.20. The number of hydrogen-bond donors (Lipinski definition) is 1. The number of methoxy groups -OCH3 is 1. The number of fused-ring (bicyclic) bond motifs is 1. The van der Waals surface area contributed by atoms with Crippen molar-refractivity contribution >= 4 is 50.1 Å². The van der Waals surface area contributed by atoms with Crippen molar-refractivity contribution in [2.24, 2.45) is 21.1 Å². The van der Waals surface area contributed by atoms with E-state index in [2.05, 4.69) is 62.4 Å². The molecule has 1 aliphatic carbocycles. The fourth-order valence-electron chi connectivity index (χ4n) is 2.94. The van der Waals surface area contributed by atoms with Gasteiger partial charge in [-0.25, -0.2) is 0 Å². The van der Waals surface area contributed by atoms with Crippen LogP contribution in [0.5, 0.6) is 5.75 Å². The molecule has 6 heteroatoms. The molecule has 0 radical (unpaired) electrons. The summed E-state index contributed by atoms with van der Waals surface area (Å²) in [6, 6.07) is 2.00. The van der Waals surface area contributed by atoms with Crippen molar-refractivity contribution in [3.8, 4) is 5.75 Å². The van der Waals surface area contributed by atoms with E-state index in [1.807, 2.05) is 6.07 Å². The summed E-state index contributed by atoms with van der Waals surface area (Å²) in [6.07, 6.45) is 0.803. The van der Waals surface area contributed by atoms with Gasteiger partial charge in [0.15, 0.2) is 0 Å². The van der Waals surface area contributed by atoms with E-state index in [4.69, 9.17) is 10.5 Å². The van der Waals surface area contributed by atoms with E-state index in [1.165, 1.54) is 0 Å². The van der Waals surface area contributed by atoms with E-state index in [1.54, 1.807) is 14.2 Å². The number of ether oxygens (including phenoxy) is 1. The summed E-state index contributed by atoms with van der Waals surface area (Å²) in [5, 5.41) is 0. The van der Waals surface area contributed by atoms with E-state index in [0.717, 1.165) is 43.5 Å². The number of hydrogen-bond acceptors (Lipinski definition) is 3. The van der Waals surface area contributed by atoms with Gasteiger partial charge in [-0.05, 0) is 62.0 Å². The van der Waals surface area contributed by atoms with Crippen LogP contribution in [0.1, 0.15) is 25.0 Å². The van der Waals surface area contributed by atoms with E-state index < -0.39 is 0 Å². The first kappa shape index (κ1) is 17.2. The van der Waals surface area contributed by atoms with Crippen LogP contribution in [0, 0.1) is 5.41 Å². The Balaban J connectivity index is 2.89. The Kier molecular flexibility index (Phi) is 4.82. The summed E-state index contributed by atoms with van der Waals surface area (Å²) in [7, 11) is 3.34. The summed E-state index contributed by atoms with van der Waals surface area (Å²) < 4.78 is 7.25. The Morgan fingerprint density at radius 3 is 2.55 bits per heavy atom. The van der Waals surface area contributed by atoms with Gasteiger partial charge in [0, 0.05) is 18.2 Å². The van der Waals surface area contributed by atoms with Gasteiger partial charge in [0.2, 0.25) is 0 Å². The number of halogens is 2. The van der Waals surface area contributed by atoms with Crippen LogP contribution in [0.25, 0.3) is 5.70 Å². The molecule has 0 aromatic heterocycles. The molecule has 0 saturated heterocycles. The molecule has 0 bridgehead atoms. The molecule has 4 nitrogen and oxygen atoms in total. The van der Waals surface area contributed by atoms with E-state index in [-0.39, 0.29) is 5.41 Å². The quantitative estimate of drug-likeness (QED) is 0.579. The monoisotopic (exact) mass is 427 g/mol. The minimum Gasteiger partial charge on any atom is -0.494 e. The van der Waals surface area contributed by atoms with Gasteiger partial charge in [0.05, 0.1) is 21.8 Å². The van der Waals surface area contributed by atoms with E-state index in [9.17, 15) is 0 Å². The largest absolute Gasteiger partial charge is 0.494 e. The van der Waals surface area contributed by atoms with Gasteiger partial charge in [0.1, 0.15) is 11.6 Å². The lowest BCUT2D eigenvalue weighted by Crippen LogP contribution is -2.33. The summed E-state index contributed by atoms with van der Waals surface area (Å²) in [5.74, 6) is 1.28. The number of nitrogens with two attached hydrogens (primary N) is 1. The summed E-state index contributed by atoms with van der Waals surface area (Å²) in [5.41, 5.74) is 9.78. The molecule has 0 saturated carbocycles. The van der Waals surface area contributed by atoms with Gasteiger partial charge in [-0.2, -0.15) is 0 Å². The molecule has 1 aromatic carbocycles. The second-order valence-electron chi connectivity index (χ2n) is 5.78. The number of benzene rings is 1. The summed E-state index contributed by atoms with van der Waals surface area (Å²) >= 11 is 7.20. The molecule has 1 aromatic rings. The molecule has 22 heavy (non-hydrogen) atoms. The normalized spacial score (nSPS) is 17.3. The zero-order chi connectivity index (χ0) is 16.7. The SMILES string of the molecule is C=NC1=C(C(N)=NC)C(C)(C)Cc2c1cc(Br)c(OC)c2Br. The molecular weight excluding hydrogens is 410 g/mol. The van der Waals surface area contributed by atoms with E-state index >= 15 is 0 Å². The van der Waals surface area contributed by atoms with Crippen molar-refractivity contribution in [3.05, 3.63) is 31.7 Å². The maximum atomic E-state index is 6.13. The first-order valence-corrected chi connectivity index (χ1v) is 8.36. The smallest absolute Gasteiger partial charge is 0.147 e. The third kappa shape index (κ3) is 2.63. The number of rotatable bonds is 3. The Bertz CT molecular complexity index is 706. The van der Waals surface area contributed by atoms with Crippen LogP contribution in [0.3, 0.4) is 0 Å². The van der Waals surface area contributed by atoms with Gasteiger partial charge in [-0.1, -0.05) is 13.8 Å². The summed E-state index contributed by atoms with van der Waals surface area (Å²) in [6.45, 7) is 8.01. The third-order valence-corrected chi connectivity index (χ3v) is 5.35. The minimum absolute atomic E-state index is 0.200. The highest BCUT2D eigenvalue weighted by atomic mass is 79.9. The number of aliphatic imine (C=N–C) groups is 2. The molecule has 2 rings (SSSR count). The van der Waals surface area contributed by atoms with Crippen molar-refractivity contribution in [1.29, 1.82) is 0 Å². The highest BCUT2D eigenvalue weighted by Crippen LogP contribution is 2.49. The molecule has 0 spiro atoms. The first-order valence-electron chi connectivity index (χ1n) is 6.77. The van der Waals surface area contributed by atoms with Crippen molar-refractivity contribution < 1.29 is 4.74 Å². The lowest BCUT2D eigenvalue weighted by Gasteiger charge is -2.35. The van der Waals surface area contributed by atoms with Crippen molar-refractivity contribution in [3.63, 3.8) is 0 Å². The van der Waals surface area contributed by atoms with Gasteiger partial charge >= 0.3 is 0 Å².